The van der Waals surface area contributed by atoms with E-state index in [4.69, 9.17) is 16.2 Å². The third kappa shape index (κ3) is 2.82. The first-order chi connectivity index (χ1) is 12.0. The van der Waals surface area contributed by atoms with Crippen LogP contribution >= 0.6 is 0 Å². The predicted molar refractivity (Wildman–Crippen MR) is 92.2 cm³/mol. The van der Waals surface area contributed by atoms with Crippen molar-refractivity contribution in [3.63, 3.8) is 0 Å². The van der Waals surface area contributed by atoms with Crippen LogP contribution in [0.25, 0.3) is 10.8 Å². The second-order valence-electron chi connectivity index (χ2n) is 5.90. The standard InChI is InChI=1S/C16H18N6O3/c1-25-11-5-9-10(6-17)15(21-14(19)12(9)13(18)20-11)22-4-2-3-8(7-22)16(23)24/h5,8H,2-4,7H2,1H3,(H2,18,20)(H2,19,21)(H,23,24). The van der Waals surface area contributed by atoms with Crippen molar-refractivity contribution in [2.75, 3.05) is 36.6 Å². The third-order valence-corrected chi connectivity index (χ3v) is 4.39. The average Bonchev–Trinajstić information content (AvgIpc) is 2.60. The number of carboxylic acids is 1. The van der Waals surface area contributed by atoms with Gasteiger partial charge < -0.3 is 26.2 Å². The molecular weight excluding hydrogens is 324 g/mol. The van der Waals surface area contributed by atoms with E-state index in [1.165, 1.54) is 7.11 Å². The van der Waals surface area contributed by atoms with Gasteiger partial charge in [0.2, 0.25) is 5.88 Å². The normalized spacial score (nSPS) is 17.3. The zero-order valence-electron chi connectivity index (χ0n) is 13.7. The van der Waals surface area contributed by atoms with Crippen molar-refractivity contribution >= 4 is 34.2 Å². The average molecular weight is 342 g/mol. The van der Waals surface area contributed by atoms with E-state index >= 15 is 0 Å². The topological polar surface area (TPSA) is 151 Å². The monoisotopic (exact) mass is 342 g/mol. The van der Waals surface area contributed by atoms with E-state index in [0.29, 0.717) is 36.0 Å². The summed E-state index contributed by atoms with van der Waals surface area (Å²) in [5.74, 6) is -0.451. The summed E-state index contributed by atoms with van der Waals surface area (Å²) in [5.41, 5.74) is 12.3. The molecule has 0 amide bonds. The number of nitrogens with zero attached hydrogens (tertiary/aromatic N) is 4. The highest BCUT2D eigenvalue weighted by Crippen LogP contribution is 2.36. The maximum Gasteiger partial charge on any atom is 0.308 e. The van der Waals surface area contributed by atoms with Gasteiger partial charge in [0, 0.05) is 24.5 Å². The second-order valence-corrected chi connectivity index (χ2v) is 5.90. The van der Waals surface area contributed by atoms with Gasteiger partial charge in [0.25, 0.3) is 0 Å². The van der Waals surface area contributed by atoms with Gasteiger partial charge in [0.15, 0.2) is 0 Å². The van der Waals surface area contributed by atoms with Gasteiger partial charge in [-0.25, -0.2) is 4.98 Å². The molecule has 130 valence electrons. The number of hydrogen-bond acceptors (Lipinski definition) is 8. The summed E-state index contributed by atoms with van der Waals surface area (Å²) < 4.78 is 5.12. The number of aliphatic carboxylic acids is 1. The van der Waals surface area contributed by atoms with Gasteiger partial charge in [-0.05, 0) is 12.8 Å². The number of fused-ring (bicyclic) bond motifs is 1. The number of pyridine rings is 2. The van der Waals surface area contributed by atoms with E-state index < -0.39 is 11.9 Å². The Balaban J connectivity index is 2.19. The zero-order chi connectivity index (χ0) is 18.1. The van der Waals surface area contributed by atoms with Crippen molar-refractivity contribution in [3.05, 3.63) is 11.6 Å². The third-order valence-electron chi connectivity index (χ3n) is 4.39. The van der Waals surface area contributed by atoms with Gasteiger partial charge in [-0.1, -0.05) is 0 Å². The largest absolute Gasteiger partial charge is 0.481 e. The summed E-state index contributed by atoms with van der Waals surface area (Å²) in [5, 5.41) is 19.9. The number of carbonyl (C=O) groups is 1. The van der Waals surface area contributed by atoms with Gasteiger partial charge in [-0.15, -0.1) is 0 Å². The number of rotatable bonds is 3. The number of aromatic nitrogens is 2. The molecule has 0 bridgehead atoms. The van der Waals surface area contributed by atoms with E-state index in [9.17, 15) is 15.2 Å². The number of hydrogen-bond donors (Lipinski definition) is 3. The molecular formula is C16H18N6O3. The molecule has 25 heavy (non-hydrogen) atoms. The molecule has 9 heteroatoms. The molecule has 0 spiro atoms. The summed E-state index contributed by atoms with van der Waals surface area (Å²) in [6.07, 6.45) is 1.30. The fraction of sp³-hybridized carbons (Fsp3) is 0.375. The van der Waals surface area contributed by atoms with E-state index in [-0.39, 0.29) is 29.6 Å². The molecule has 3 rings (SSSR count). The molecule has 5 N–H and O–H groups in total. The fourth-order valence-electron chi connectivity index (χ4n) is 3.17. The van der Waals surface area contributed by atoms with E-state index in [0.717, 1.165) is 0 Å². The van der Waals surface area contributed by atoms with Crippen LogP contribution in [-0.2, 0) is 4.79 Å². The SMILES string of the molecule is COc1cc2c(C#N)c(N3CCCC(C(=O)O)C3)nc(N)c2c(N)n1. The highest BCUT2D eigenvalue weighted by molar-refractivity contribution is 6.04. The van der Waals surface area contributed by atoms with Crippen molar-refractivity contribution in [1.82, 2.24) is 9.97 Å². The fourth-order valence-corrected chi connectivity index (χ4v) is 3.17. The molecule has 0 radical (unpaired) electrons. The van der Waals surface area contributed by atoms with E-state index in [2.05, 4.69) is 16.0 Å². The molecule has 0 aliphatic carbocycles. The lowest BCUT2D eigenvalue weighted by Crippen LogP contribution is -2.39. The highest BCUT2D eigenvalue weighted by Gasteiger charge is 2.29. The molecule has 2 aromatic heterocycles. The number of nitrogens with two attached hydrogens (primary N) is 2. The second kappa shape index (κ2) is 6.32. The van der Waals surface area contributed by atoms with Crippen LogP contribution in [0.15, 0.2) is 6.07 Å². The Bertz CT molecular complexity index is 892. The molecule has 1 saturated heterocycles. The minimum absolute atomic E-state index is 0.129. The van der Waals surface area contributed by atoms with Crippen LogP contribution in [0.3, 0.4) is 0 Å². The van der Waals surface area contributed by atoms with Crippen molar-refractivity contribution in [3.8, 4) is 11.9 Å². The van der Waals surface area contributed by atoms with Crippen molar-refractivity contribution in [2.45, 2.75) is 12.8 Å². The van der Waals surface area contributed by atoms with Crippen molar-refractivity contribution in [1.29, 1.82) is 5.26 Å². The molecule has 1 atom stereocenters. The smallest absolute Gasteiger partial charge is 0.308 e. The van der Waals surface area contributed by atoms with Crippen LogP contribution in [0.1, 0.15) is 18.4 Å². The molecule has 3 heterocycles. The van der Waals surface area contributed by atoms with Crippen LogP contribution in [-0.4, -0.2) is 41.2 Å². The van der Waals surface area contributed by atoms with Crippen LogP contribution in [0.5, 0.6) is 5.88 Å². The number of anilines is 3. The van der Waals surface area contributed by atoms with Crippen molar-refractivity contribution < 1.29 is 14.6 Å². The zero-order valence-corrected chi connectivity index (χ0v) is 13.7. The lowest BCUT2D eigenvalue weighted by atomic mass is 9.97. The Hall–Kier alpha value is -3.28. The number of carboxylic acid groups (broad SMARTS) is 1. The first-order valence-corrected chi connectivity index (χ1v) is 7.77. The van der Waals surface area contributed by atoms with Crippen LogP contribution < -0.4 is 21.1 Å². The molecule has 0 aromatic carbocycles. The number of nitriles is 1. The summed E-state index contributed by atoms with van der Waals surface area (Å²) >= 11 is 0. The summed E-state index contributed by atoms with van der Waals surface area (Å²) in [4.78, 5) is 21.5. The minimum atomic E-state index is -0.855. The molecule has 2 aromatic rings. The number of piperidine rings is 1. The Morgan fingerprint density at radius 1 is 1.44 bits per heavy atom. The molecule has 1 fully saturated rings. The summed E-state index contributed by atoms with van der Waals surface area (Å²) in [6, 6.07) is 3.73. The Labute approximate surface area is 143 Å². The molecule has 1 unspecified atom stereocenters. The maximum atomic E-state index is 11.3. The van der Waals surface area contributed by atoms with Crippen LogP contribution in [0.4, 0.5) is 17.5 Å². The predicted octanol–water partition coefficient (Wildman–Crippen LogP) is 0.975. The first-order valence-electron chi connectivity index (χ1n) is 7.77. The highest BCUT2D eigenvalue weighted by atomic mass is 16.5. The van der Waals surface area contributed by atoms with E-state index in [1.54, 1.807) is 11.0 Å². The Morgan fingerprint density at radius 2 is 2.16 bits per heavy atom. The van der Waals surface area contributed by atoms with Crippen LogP contribution in [0, 0.1) is 17.2 Å². The number of methoxy groups -OCH3 is 1. The number of ether oxygens (including phenoxy) is 1. The Kier molecular flexibility index (Phi) is 4.19. The lowest BCUT2D eigenvalue weighted by Gasteiger charge is -2.32. The van der Waals surface area contributed by atoms with Crippen LogP contribution in [0.2, 0.25) is 0 Å². The lowest BCUT2D eigenvalue weighted by molar-refractivity contribution is -0.141. The molecule has 1 aliphatic rings. The molecule has 9 nitrogen and oxygen atoms in total. The van der Waals surface area contributed by atoms with E-state index in [1.807, 2.05) is 0 Å². The maximum absolute atomic E-state index is 11.3. The number of nitrogen functional groups attached to an aromatic ring is 2. The van der Waals surface area contributed by atoms with Crippen molar-refractivity contribution in [2.24, 2.45) is 5.92 Å². The van der Waals surface area contributed by atoms with Gasteiger partial charge >= 0.3 is 5.97 Å². The minimum Gasteiger partial charge on any atom is -0.481 e. The Morgan fingerprint density at radius 3 is 2.80 bits per heavy atom. The molecule has 0 saturated carbocycles. The van der Waals surface area contributed by atoms with Gasteiger partial charge in [-0.3, -0.25) is 4.79 Å². The summed E-state index contributed by atoms with van der Waals surface area (Å²) in [6.45, 7) is 0.883. The van der Waals surface area contributed by atoms with Gasteiger partial charge in [-0.2, -0.15) is 10.2 Å². The summed E-state index contributed by atoms with van der Waals surface area (Å²) in [7, 11) is 1.45. The molecule has 1 aliphatic heterocycles. The van der Waals surface area contributed by atoms with Gasteiger partial charge in [0.05, 0.1) is 18.4 Å². The first kappa shape index (κ1) is 16.6. The quantitative estimate of drug-likeness (QED) is 0.741. The van der Waals surface area contributed by atoms with Gasteiger partial charge in [0.1, 0.15) is 29.1 Å².